The standard InChI is InChI=1S/C16H14ClFN2O/c1-10-3-8-14(15(17)9-10)16(21)20-19-11(2)12-4-6-13(18)7-5-12/h3-9H,1-2H3,(H,20,21). The van der Waals surface area contributed by atoms with Gasteiger partial charge in [-0.2, -0.15) is 5.10 Å². The summed E-state index contributed by atoms with van der Waals surface area (Å²) in [7, 11) is 0. The summed E-state index contributed by atoms with van der Waals surface area (Å²) in [5.41, 5.74) is 5.08. The third-order valence-corrected chi connectivity index (χ3v) is 3.27. The summed E-state index contributed by atoms with van der Waals surface area (Å²) in [6.07, 6.45) is 0. The van der Waals surface area contributed by atoms with Crippen LogP contribution < -0.4 is 5.43 Å². The number of rotatable bonds is 3. The number of hydrazone groups is 1. The van der Waals surface area contributed by atoms with Crippen LogP contribution in [-0.2, 0) is 0 Å². The van der Waals surface area contributed by atoms with Gasteiger partial charge in [-0.25, -0.2) is 9.82 Å². The molecule has 0 heterocycles. The molecule has 2 rings (SSSR count). The van der Waals surface area contributed by atoms with Crippen LogP contribution in [0.2, 0.25) is 5.02 Å². The molecule has 108 valence electrons. The summed E-state index contributed by atoms with van der Waals surface area (Å²) in [6, 6.07) is 11.0. The molecule has 0 fully saturated rings. The predicted octanol–water partition coefficient (Wildman–Crippen LogP) is 3.94. The third kappa shape index (κ3) is 3.89. The largest absolute Gasteiger partial charge is 0.272 e. The van der Waals surface area contributed by atoms with Crippen molar-refractivity contribution in [3.8, 4) is 0 Å². The van der Waals surface area contributed by atoms with E-state index < -0.39 is 0 Å². The Bertz CT molecular complexity index is 696. The van der Waals surface area contributed by atoms with Crippen LogP contribution >= 0.6 is 11.6 Å². The van der Waals surface area contributed by atoms with Gasteiger partial charge in [0.05, 0.1) is 16.3 Å². The quantitative estimate of drug-likeness (QED) is 0.677. The van der Waals surface area contributed by atoms with Crippen LogP contribution in [0.25, 0.3) is 0 Å². The van der Waals surface area contributed by atoms with Gasteiger partial charge in [0.1, 0.15) is 5.82 Å². The van der Waals surface area contributed by atoms with E-state index in [1.165, 1.54) is 12.1 Å². The molecule has 0 aliphatic heterocycles. The van der Waals surface area contributed by atoms with Crippen LogP contribution in [0, 0.1) is 12.7 Å². The molecular formula is C16H14ClFN2O. The van der Waals surface area contributed by atoms with Crippen molar-refractivity contribution in [3.63, 3.8) is 0 Å². The molecule has 0 aliphatic carbocycles. The lowest BCUT2D eigenvalue weighted by Crippen LogP contribution is -2.19. The molecule has 2 aromatic rings. The lowest BCUT2D eigenvalue weighted by atomic mass is 10.1. The number of halogens is 2. The van der Waals surface area contributed by atoms with E-state index in [1.54, 1.807) is 37.3 Å². The monoisotopic (exact) mass is 304 g/mol. The van der Waals surface area contributed by atoms with Gasteiger partial charge in [0, 0.05) is 0 Å². The number of nitrogens with zero attached hydrogens (tertiary/aromatic N) is 1. The number of aryl methyl sites for hydroxylation is 1. The summed E-state index contributed by atoms with van der Waals surface area (Å²) in [4.78, 5) is 12.0. The Balaban J connectivity index is 2.12. The van der Waals surface area contributed by atoms with E-state index in [9.17, 15) is 9.18 Å². The van der Waals surface area contributed by atoms with Gasteiger partial charge in [0.2, 0.25) is 0 Å². The minimum absolute atomic E-state index is 0.318. The van der Waals surface area contributed by atoms with Crippen LogP contribution in [0.3, 0.4) is 0 Å². The number of hydrogen-bond donors (Lipinski definition) is 1. The Labute approximate surface area is 127 Å². The van der Waals surface area contributed by atoms with Gasteiger partial charge in [-0.15, -0.1) is 0 Å². The molecule has 1 N–H and O–H groups in total. The second kappa shape index (κ2) is 6.50. The van der Waals surface area contributed by atoms with Crippen molar-refractivity contribution in [2.45, 2.75) is 13.8 Å². The zero-order valence-electron chi connectivity index (χ0n) is 11.7. The summed E-state index contributed by atoms with van der Waals surface area (Å²) in [5.74, 6) is -0.705. The molecule has 0 bridgehead atoms. The first-order chi connectivity index (χ1) is 9.97. The minimum Gasteiger partial charge on any atom is -0.267 e. The first-order valence-electron chi connectivity index (χ1n) is 6.34. The Morgan fingerprint density at radius 2 is 1.86 bits per heavy atom. The highest BCUT2D eigenvalue weighted by atomic mass is 35.5. The Morgan fingerprint density at radius 1 is 1.19 bits per heavy atom. The molecule has 0 unspecified atom stereocenters. The van der Waals surface area contributed by atoms with Gasteiger partial charge in [-0.05, 0) is 49.2 Å². The van der Waals surface area contributed by atoms with E-state index in [1.807, 2.05) is 6.92 Å². The van der Waals surface area contributed by atoms with E-state index in [0.29, 0.717) is 16.3 Å². The van der Waals surface area contributed by atoms with Crippen LogP contribution in [0.1, 0.15) is 28.4 Å². The molecule has 21 heavy (non-hydrogen) atoms. The van der Waals surface area contributed by atoms with E-state index in [-0.39, 0.29) is 11.7 Å². The molecule has 0 spiro atoms. The summed E-state index contributed by atoms with van der Waals surface area (Å²) in [6.45, 7) is 3.62. The summed E-state index contributed by atoms with van der Waals surface area (Å²) < 4.78 is 12.8. The second-order valence-electron chi connectivity index (χ2n) is 4.63. The van der Waals surface area contributed by atoms with E-state index in [4.69, 9.17) is 11.6 Å². The molecule has 3 nitrogen and oxygen atoms in total. The van der Waals surface area contributed by atoms with Crippen LogP contribution in [0.4, 0.5) is 4.39 Å². The van der Waals surface area contributed by atoms with E-state index in [2.05, 4.69) is 10.5 Å². The molecule has 0 radical (unpaired) electrons. The lowest BCUT2D eigenvalue weighted by molar-refractivity contribution is 0.0955. The fourth-order valence-corrected chi connectivity index (χ4v) is 2.08. The zero-order chi connectivity index (χ0) is 15.4. The van der Waals surface area contributed by atoms with Crippen molar-refractivity contribution in [3.05, 3.63) is 70.0 Å². The highest BCUT2D eigenvalue weighted by Crippen LogP contribution is 2.17. The zero-order valence-corrected chi connectivity index (χ0v) is 12.4. The topological polar surface area (TPSA) is 41.5 Å². The molecule has 0 saturated carbocycles. The minimum atomic E-state index is -0.388. The van der Waals surface area contributed by atoms with E-state index >= 15 is 0 Å². The van der Waals surface area contributed by atoms with Crippen molar-refractivity contribution < 1.29 is 9.18 Å². The number of amides is 1. The number of carbonyl (C=O) groups excluding carboxylic acids is 1. The average molecular weight is 305 g/mol. The SMILES string of the molecule is CC(=NNC(=O)c1ccc(C)cc1Cl)c1ccc(F)cc1. The molecular weight excluding hydrogens is 291 g/mol. The van der Waals surface area contributed by atoms with Crippen molar-refractivity contribution in [1.29, 1.82) is 0 Å². The molecule has 0 aromatic heterocycles. The number of hydrogen-bond acceptors (Lipinski definition) is 2. The maximum Gasteiger partial charge on any atom is 0.272 e. The van der Waals surface area contributed by atoms with Gasteiger partial charge in [-0.1, -0.05) is 29.8 Å². The van der Waals surface area contributed by atoms with Crippen molar-refractivity contribution in [2.24, 2.45) is 5.10 Å². The molecule has 1 amide bonds. The van der Waals surface area contributed by atoms with Crippen LogP contribution in [-0.4, -0.2) is 11.6 Å². The van der Waals surface area contributed by atoms with Crippen molar-refractivity contribution >= 4 is 23.2 Å². The van der Waals surface area contributed by atoms with Crippen LogP contribution in [0.5, 0.6) is 0 Å². The Hall–Kier alpha value is -2.20. The van der Waals surface area contributed by atoms with Crippen molar-refractivity contribution in [1.82, 2.24) is 5.43 Å². The third-order valence-electron chi connectivity index (χ3n) is 2.96. The number of carbonyl (C=O) groups is 1. The molecule has 2 aromatic carbocycles. The fraction of sp³-hybridized carbons (Fsp3) is 0.125. The van der Waals surface area contributed by atoms with Gasteiger partial charge in [0.25, 0.3) is 5.91 Å². The first-order valence-corrected chi connectivity index (χ1v) is 6.72. The lowest BCUT2D eigenvalue weighted by Gasteiger charge is -2.05. The number of benzene rings is 2. The summed E-state index contributed by atoms with van der Waals surface area (Å²) >= 11 is 6.02. The van der Waals surface area contributed by atoms with E-state index in [0.717, 1.165) is 11.1 Å². The number of nitrogens with one attached hydrogen (secondary N) is 1. The molecule has 5 heteroatoms. The Morgan fingerprint density at radius 3 is 2.48 bits per heavy atom. The smallest absolute Gasteiger partial charge is 0.267 e. The Kier molecular flexibility index (Phi) is 4.70. The van der Waals surface area contributed by atoms with Gasteiger partial charge >= 0.3 is 0 Å². The highest BCUT2D eigenvalue weighted by Gasteiger charge is 2.09. The molecule has 0 aliphatic rings. The summed E-state index contributed by atoms with van der Waals surface area (Å²) in [5, 5.41) is 4.38. The maximum atomic E-state index is 12.8. The predicted molar refractivity (Wildman–Crippen MR) is 82.3 cm³/mol. The normalized spacial score (nSPS) is 11.3. The van der Waals surface area contributed by atoms with Gasteiger partial charge in [0.15, 0.2) is 0 Å². The van der Waals surface area contributed by atoms with Gasteiger partial charge < -0.3 is 0 Å². The fourth-order valence-electron chi connectivity index (χ4n) is 1.75. The van der Waals surface area contributed by atoms with Gasteiger partial charge in [-0.3, -0.25) is 4.79 Å². The highest BCUT2D eigenvalue weighted by molar-refractivity contribution is 6.33. The maximum absolute atomic E-state index is 12.8. The molecule has 0 saturated heterocycles. The van der Waals surface area contributed by atoms with Crippen LogP contribution in [0.15, 0.2) is 47.6 Å². The second-order valence-corrected chi connectivity index (χ2v) is 5.04. The first kappa shape index (κ1) is 15.2. The van der Waals surface area contributed by atoms with Crippen molar-refractivity contribution in [2.75, 3.05) is 0 Å². The average Bonchev–Trinajstić information content (AvgIpc) is 2.45. The molecule has 0 atom stereocenters.